The average molecular weight is 356 g/mol. The summed E-state index contributed by atoms with van der Waals surface area (Å²) in [5.74, 6) is -0.153. The Bertz CT molecular complexity index is 834. The van der Waals surface area contributed by atoms with Gasteiger partial charge in [0.05, 0.1) is 7.11 Å². The normalized spacial score (nSPS) is 10.3. The molecule has 0 fully saturated rings. The van der Waals surface area contributed by atoms with E-state index < -0.39 is 5.97 Å². The summed E-state index contributed by atoms with van der Waals surface area (Å²) in [7, 11) is 1.31. The second-order valence-electron chi connectivity index (χ2n) is 6.07. The molecule has 1 aromatic carbocycles. The second kappa shape index (κ2) is 8.42. The summed E-state index contributed by atoms with van der Waals surface area (Å²) in [5, 5.41) is 13.9. The first-order chi connectivity index (χ1) is 12.4. The Morgan fingerprint density at radius 3 is 2.42 bits per heavy atom. The molecule has 26 heavy (non-hydrogen) atoms. The standard InChI is InChI=1S/C19H24N4O3/c1-6-15(24)21-17-13(4)16(19(25)26-5)18(23-22-17)20-10-14-8-7-11(2)9-12(14)3/h7-9H,6,10H2,1-5H3,(H,20,23)(H,21,22,24). The van der Waals surface area contributed by atoms with Crippen LogP contribution in [0.2, 0.25) is 0 Å². The number of methoxy groups -OCH3 is 1. The van der Waals surface area contributed by atoms with Crippen LogP contribution in [0.1, 0.15) is 46.0 Å². The largest absolute Gasteiger partial charge is 0.465 e. The lowest BCUT2D eigenvalue weighted by Crippen LogP contribution is -2.18. The smallest absolute Gasteiger partial charge is 0.342 e. The highest BCUT2D eigenvalue weighted by Crippen LogP contribution is 2.24. The molecule has 2 aromatic rings. The van der Waals surface area contributed by atoms with Gasteiger partial charge in [0.2, 0.25) is 5.91 Å². The summed E-state index contributed by atoms with van der Waals surface area (Å²) >= 11 is 0. The number of benzene rings is 1. The molecule has 0 aliphatic heterocycles. The lowest BCUT2D eigenvalue weighted by Gasteiger charge is -2.15. The summed E-state index contributed by atoms with van der Waals surface area (Å²) in [5.41, 5.74) is 4.20. The number of anilines is 2. The van der Waals surface area contributed by atoms with E-state index in [9.17, 15) is 9.59 Å². The predicted molar refractivity (Wildman–Crippen MR) is 100 cm³/mol. The summed E-state index contributed by atoms with van der Waals surface area (Å²) in [4.78, 5) is 23.9. The van der Waals surface area contributed by atoms with E-state index in [1.165, 1.54) is 12.7 Å². The first-order valence-corrected chi connectivity index (χ1v) is 8.42. The fourth-order valence-corrected chi connectivity index (χ4v) is 2.56. The summed E-state index contributed by atoms with van der Waals surface area (Å²) in [6.07, 6.45) is 0.307. The minimum absolute atomic E-state index is 0.200. The maximum Gasteiger partial charge on any atom is 0.342 e. The lowest BCUT2D eigenvalue weighted by molar-refractivity contribution is -0.115. The number of aryl methyl sites for hydroxylation is 2. The van der Waals surface area contributed by atoms with Crippen molar-refractivity contribution in [2.24, 2.45) is 0 Å². The molecule has 1 heterocycles. The van der Waals surface area contributed by atoms with Crippen molar-refractivity contribution in [2.45, 2.75) is 40.7 Å². The van der Waals surface area contributed by atoms with Gasteiger partial charge in [-0.05, 0) is 31.9 Å². The van der Waals surface area contributed by atoms with Crippen molar-refractivity contribution in [3.05, 3.63) is 46.0 Å². The number of rotatable bonds is 6. The summed E-state index contributed by atoms with van der Waals surface area (Å²) < 4.78 is 4.88. The Kier molecular flexibility index (Phi) is 6.27. The molecule has 0 aliphatic carbocycles. The maximum absolute atomic E-state index is 12.2. The zero-order chi connectivity index (χ0) is 19.3. The zero-order valence-corrected chi connectivity index (χ0v) is 15.8. The molecule has 0 unspecified atom stereocenters. The first kappa shape index (κ1) is 19.4. The van der Waals surface area contributed by atoms with Crippen LogP contribution in [0.3, 0.4) is 0 Å². The highest BCUT2D eigenvalue weighted by atomic mass is 16.5. The van der Waals surface area contributed by atoms with E-state index in [1.807, 2.05) is 26.0 Å². The van der Waals surface area contributed by atoms with E-state index in [4.69, 9.17) is 4.74 Å². The number of hydrogen-bond acceptors (Lipinski definition) is 6. The number of aromatic nitrogens is 2. The highest BCUT2D eigenvalue weighted by Gasteiger charge is 2.21. The van der Waals surface area contributed by atoms with Crippen molar-refractivity contribution in [1.29, 1.82) is 0 Å². The van der Waals surface area contributed by atoms with Gasteiger partial charge in [0, 0.05) is 18.5 Å². The van der Waals surface area contributed by atoms with Crippen LogP contribution in [0.5, 0.6) is 0 Å². The number of amides is 1. The molecular formula is C19H24N4O3. The molecule has 2 N–H and O–H groups in total. The van der Waals surface area contributed by atoms with Crippen LogP contribution in [-0.2, 0) is 16.1 Å². The summed E-state index contributed by atoms with van der Waals surface area (Å²) in [6.45, 7) is 8.00. The molecule has 2 rings (SSSR count). The van der Waals surface area contributed by atoms with Crippen LogP contribution in [0.15, 0.2) is 18.2 Å². The molecule has 0 radical (unpaired) electrons. The molecule has 7 nitrogen and oxygen atoms in total. The molecule has 0 spiro atoms. The maximum atomic E-state index is 12.2. The van der Waals surface area contributed by atoms with E-state index in [1.54, 1.807) is 13.8 Å². The fraction of sp³-hybridized carbons (Fsp3) is 0.368. The third kappa shape index (κ3) is 4.36. The highest BCUT2D eigenvalue weighted by molar-refractivity contribution is 5.99. The van der Waals surface area contributed by atoms with Crippen LogP contribution in [0, 0.1) is 20.8 Å². The first-order valence-electron chi connectivity index (χ1n) is 8.42. The average Bonchev–Trinajstić information content (AvgIpc) is 2.62. The van der Waals surface area contributed by atoms with Gasteiger partial charge in [-0.25, -0.2) is 4.79 Å². The summed E-state index contributed by atoms with van der Waals surface area (Å²) in [6, 6.07) is 6.16. The Labute approximate surface area is 153 Å². The van der Waals surface area contributed by atoms with Crippen LogP contribution in [0.25, 0.3) is 0 Å². The van der Waals surface area contributed by atoms with E-state index in [0.29, 0.717) is 24.3 Å². The Morgan fingerprint density at radius 2 is 1.81 bits per heavy atom. The third-order valence-corrected chi connectivity index (χ3v) is 4.13. The lowest BCUT2D eigenvalue weighted by atomic mass is 10.1. The molecule has 0 aliphatic rings. The van der Waals surface area contributed by atoms with Crippen molar-refractivity contribution in [3.8, 4) is 0 Å². The minimum Gasteiger partial charge on any atom is -0.465 e. The number of esters is 1. The van der Waals surface area contributed by atoms with E-state index in [2.05, 4.69) is 26.9 Å². The van der Waals surface area contributed by atoms with Gasteiger partial charge in [-0.1, -0.05) is 30.7 Å². The van der Waals surface area contributed by atoms with Crippen LogP contribution < -0.4 is 10.6 Å². The molecule has 0 saturated heterocycles. The number of nitrogens with one attached hydrogen (secondary N) is 2. The van der Waals surface area contributed by atoms with Gasteiger partial charge in [0.1, 0.15) is 5.56 Å². The van der Waals surface area contributed by atoms with Gasteiger partial charge < -0.3 is 15.4 Å². The van der Waals surface area contributed by atoms with Gasteiger partial charge in [0.25, 0.3) is 0 Å². The van der Waals surface area contributed by atoms with Crippen molar-refractivity contribution >= 4 is 23.5 Å². The number of nitrogens with zero attached hydrogens (tertiary/aromatic N) is 2. The van der Waals surface area contributed by atoms with Crippen molar-refractivity contribution < 1.29 is 14.3 Å². The van der Waals surface area contributed by atoms with Gasteiger partial charge in [-0.3, -0.25) is 4.79 Å². The zero-order valence-electron chi connectivity index (χ0n) is 15.8. The van der Waals surface area contributed by atoms with E-state index >= 15 is 0 Å². The number of hydrogen-bond donors (Lipinski definition) is 2. The Balaban J connectivity index is 2.33. The number of carbonyl (C=O) groups is 2. The molecule has 0 bridgehead atoms. The molecule has 0 saturated carbocycles. The van der Waals surface area contributed by atoms with Gasteiger partial charge in [-0.2, -0.15) is 0 Å². The van der Waals surface area contributed by atoms with E-state index in [0.717, 1.165) is 11.1 Å². The topological polar surface area (TPSA) is 93.2 Å². The SMILES string of the molecule is CCC(=O)Nc1nnc(NCc2ccc(C)cc2C)c(C(=O)OC)c1C. The Hall–Kier alpha value is -2.96. The molecule has 1 amide bonds. The van der Waals surface area contributed by atoms with Crippen LogP contribution >= 0.6 is 0 Å². The fourth-order valence-electron chi connectivity index (χ4n) is 2.56. The quantitative estimate of drug-likeness (QED) is 0.772. The number of carbonyl (C=O) groups excluding carboxylic acids is 2. The van der Waals surface area contributed by atoms with Gasteiger partial charge in [-0.15, -0.1) is 10.2 Å². The second-order valence-corrected chi connectivity index (χ2v) is 6.07. The Morgan fingerprint density at radius 1 is 1.12 bits per heavy atom. The van der Waals surface area contributed by atoms with E-state index in [-0.39, 0.29) is 17.3 Å². The number of ether oxygens (including phenoxy) is 1. The van der Waals surface area contributed by atoms with Gasteiger partial charge in [0.15, 0.2) is 11.6 Å². The minimum atomic E-state index is -0.535. The molecule has 138 valence electrons. The predicted octanol–water partition coefficient (Wildman–Crippen LogP) is 3.15. The van der Waals surface area contributed by atoms with Crippen LogP contribution in [0.4, 0.5) is 11.6 Å². The molecular weight excluding hydrogens is 332 g/mol. The van der Waals surface area contributed by atoms with Gasteiger partial charge >= 0.3 is 5.97 Å². The van der Waals surface area contributed by atoms with Crippen molar-refractivity contribution in [2.75, 3.05) is 17.7 Å². The molecule has 7 heteroatoms. The monoisotopic (exact) mass is 356 g/mol. The molecule has 0 atom stereocenters. The van der Waals surface area contributed by atoms with Crippen molar-refractivity contribution in [1.82, 2.24) is 10.2 Å². The van der Waals surface area contributed by atoms with Crippen LogP contribution in [-0.4, -0.2) is 29.2 Å². The third-order valence-electron chi connectivity index (χ3n) is 4.13. The molecule has 1 aromatic heterocycles. The van der Waals surface area contributed by atoms with Crippen molar-refractivity contribution in [3.63, 3.8) is 0 Å².